The summed E-state index contributed by atoms with van der Waals surface area (Å²) in [6, 6.07) is 144. The second-order valence-corrected chi connectivity index (χ2v) is 33.2. The first kappa shape index (κ1) is 78.6. The molecule has 27 rings (SSSR count). The van der Waals surface area contributed by atoms with E-state index in [2.05, 4.69) is 193 Å². The van der Waals surface area contributed by atoms with Crippen molar-refractivity contribution in [2.75, 3.05) is 0 Å². The lowest BCUT2D eigenvalue weighted by Gasteiger charge is -2.13. The highest BCUT2D eigenvalue weighted by Crippen LogP contribution is 2.47. The van der Waals surface area contributed by atoms with Gasteiger partial charge in [-0.05, 0) is 138 Å². The van der Waals surface area contributed by atoms with Crippen molar-refractivity contribution in [3.8, 4) is 136 Å². The monoisotopic (exact) mass is 1730 g/mol. The highest BCUT2D eigenvalue weighted by atomic mass is 16.3. The summed E-state index contributed by atoms with van der Waals surface area (Å²) in [7, 11) is 0. The van der Waals surface area contributed by atoms with Crippen molar-refractivity contribution in [1.29, 1.82) is 0 Å². The Hall–Kier alpha value is -18.6. The molecule has 0 N–H and O–H groups in total. The van der Waals surface area contributed by atoms with Gasteiger partial charge in [0.2, 0.25) is 0 Å². The Morgan fingerprint density at radius 2 is 0.474 bits per heavy atom. The Morgan fingerprint density at radius 1 is 0.156 bits per heavy atom. The SMILES string of the molecule is c1ccc(-c2nc(-c3ccccc3)nc(-c3ccc(-c4cccc5oc6cc7ccccc7nc6c45)c4ccccc34)n2)cc1.c1ccc(-c2nc(-c3ccccc3)nc(-c3ccc(-c4cccc5oc6cc7ncccc7cc6c45)c4ccccc34)n2)cc1.c1ccc(-c2nc(-c3ccccc3)nc(-c3ccc(-c4nccc5oc6cc7ccccc7cc6c45)c4ccccc34)n2)cc1. The van der Waals surface area contributed by atoms with E-state index in [0.717, 1.165) is 209 Å². The van der Waals surface area contributed by atoms with Crippen LogP contribution in [-0.2, 0) is 0 Å². The third-order valence-electron chi connectivity index (χ3n) is 25.1. The lowest BCUT2D eigenvalue weighted by Crippen LogP contribution is -2.00. The molecule has 0 radical (unpaired) electrons. The molecule has 0 saturated heterocycles. The molecule has 0 saturated carbocycles. The number of hydrogen-bond acceptors (Lipinski definition) is 15. The van der Waals surface area contributed by atoms with Crippen molar-refractivity contribution in [2.45, 2.75) is 0 Å². The van der Waals surface area contributed by atoms with Crippen LogP contribution < -0.4 is 0 Å². The number of furan rings is 3. The molecule has 630 valence electrons. The van der Waals surface area contributed by atoms with E-state index >= 15 is 0 Å². The van der Waals surface area contributed by atoms with Gasteiger partial charge in [0, 0.05) is 101 Å². The van der Waals surface area contributed by atoms with Crippen LogP contribution >= 0.6 is 0 Å². The number of aromatic nitrogens is 12. The first-order valence-electron chi connectivity index (χ1n) is 44.7. The summed E-state index contributed by atoms with van der Waals surface area (Å²) in [6.45, 7) is 0. The van der Waals surface area contributed by atoms with Crippen molar-refractivity contribution in [1.82, 2.24) is 59.8 Å². The number of para-hydroxylation sites is 1. The van der Waals surface area contributed by atoms with E-state index in [0.29, 0.717) is 52.4 Å². The van der Waals surface area contributed by atoms with Gasteiger partial charge in [0.15, 0.2) is 58.0 Å². The molecule has 0 bridgehead atoms. The van der Waals surface area contributed by atoms with Gasteiger partial charge in [-0.15, -0.1) is 0 Å². The Labute approximate surface area is 771 Å². The summed E-state index contributed by atoms with van der Waals surface area (Å²) in [4.78, 5) is 59.3. The fourth-order valence-corrected chi connectivity index (χ4v) is 18.7. The fourth-order valence-electron chi connectivity index (χ4n) is 18.7. The van der Waals surface area contributed by atoms with Gasteiger partial charge < -0.3 is 13.3 Å². The Kier molecular flexibility index (Phi) is 19.5. The molecule has 15 heteroatoms. The van der Waals surface area contributed by atoms with Crippen LogP contribution in [0.2, 0.25) is 0 Å². The van der Waals surface area contributed by atoms with Crippen LogP contribution in [-0.4, -0.2) is 59.8 Å². The lowest BCUT2D eigenvalue weighted by atomic mass is 9.92. The Morgan fingerprint density at radius 3 is 0.941 bits per heavy atom. The first-order valence-corrected chi connectivity index (χ1v) is 44.7. The van der Waals surface area contributed by atoms with Crippen LogP contribution in [0.5, 0.6) is 0 Å². The summed E-state index contributed by atoms with van der Waals surface area (Å²) in [5, 5.41) is 16.1. The second-order valence-electron chi connectivity index (χ2n) is 33.2. The maximum atomic E-state index is 6.37. The van der Waals surface area contributed by atoms with Gasteiger partial charge >= 0.3 is 0 Å². The zero-order valence-electron chi connectivity index (χ0n) is 72.2. The van der Waals surface area contributed by atoms with Crippen LogP contribution in [0.3, 0.4) is 0 Å². The zero-order chi connectivity index (χ0) is 89.2. The maximum absolute atomic E-state index is 6.37. The highest BCUT2D eigenvalue weighted by molar-refractivity contribution is 6.21. The lowest BCUT2D eigenvalue weighted by molar-refractivity contribution is 0.668. The third-order valence-corrected chi connectivity index (χ3v) is 25.1. The summed E-state index contributed by atoms with van der Waals surface area (Å²) >= 11 is 0. The van der Waals surface area contributed by atoms with E-state index in [1.165, 1.54) is 5.39 Å². The molecule has 0 aliphatic rings. The topological polar surface area (TPSA) is 194 Å². The van der Waals surface area contributed by atoms with Crippen molar-refractivity contribution < 1.29 is 13.3 Å². The molecule has 0 spiro atoms. The molecule has 15 nitrogen and oxygen atoms in total. The Bertz CT molecular complexity index is 8300. The van der Waals surface area contributed by atoms with E-state index in [-0.39, 0.29) is 0 Å². The average molecular weight is 1730 g/mol. The second kappa shape index (κ2) is 33.5. The van der Waals surface area contributed by atoms with Gasteiger partial charge in [-0.2, -0.15) is 0 Å². The minimum Gasteiger partial charge on any atom is -0.456 e. The largest absolute Gasteiger partial charge is 0.456 e. The van der Waals surface area contributed by atoms with Crippen LogP contribution in [0.25, 0.3) is 267 Å². The first-order chi connectivity index (χ1) is 66.9. The van der Waals surface area contributed by atoms with E-state index < -0.39 is 0 Å². The molecule has 0 aliphatic heterocycles. The Balaban J connectivity index is 0.000000108. The van der Waals surface area contributed by atoms with Gasteiger partial charge in [-0.3, -0.25) is 9.97 Å². The van der Waals surface area contributed by atoms with Gasteiger partial charge in [-0.1, -0.05) is 346 Å². The van der Waals surface area contributed by atoms with E-state index in [9.17, 15) is 0 Å². The molecule has 0 atom stereocenters. The number of pyridine rings is 3. The van der Waals surface area contributed by atoms with Crippen LogP contribution in [0, 0.1) is 0 Å². The number of benzene rings is 18. The number of hydrogen-bond donors (Lipinski definition) is 0. The number of nitrogens with zero attached hydrogens (tertiary/aromatic N) is 12. The molecule has 135 heavy (non-hydrogen) atoms. The normalized spacial score (nSPS) is 11.6. The van der Waals surface area contributed by atoms with E-state index in [1.807, 2.05) is 249 Å². The van der Waals surface area contributed by atoms with E-state index in [4.69, 9.17) is 68.1 Å². The van der Waals surface area contributed by atoms with Gasteiger partial charge in [0.05, 0.1) is 27.5 Å². The minimum atomic E-state index is 0.622. The van der Waals surface area contributed by atoms with Crippen LogP contribution in [0.4, 0.5) is 0 Å². The maximum Gasteiger partial charge on any atom is 0.164 e. The molecule has 0 unspecified atom stereocenters. The van der Waals surface area contributed by atoms with E-state index in [1.54, 1.807) is 0 Å². The molecular formula is C120H72N12O3. The number of fused-ring (bicyclic) bond motifs is 15. The molecule has 0 aliphatic carbocycles. The van der Waals surface area contributed by atoms with Crippen LogP contribution in [0.15, 0.2) is 450 Å². The predicted octanol–water partition coefficient (Wildman–Crippen LogP) is 30.4. The fraction of sp³-hybridized carbons (Fsp3) is 0. The van der Waals surface area contributed by atoms with Crippen molar-refractivity contribution in [3.63, 3.8) is 0 Å². The quantitative estimate of drug-likeness (QED) is 0.112. The summed E-state index contributed by atoms with van der Waals surface area (Å²) in [5.74, 6) is 5.72. The van der Waals surface area contributed by atoms with Crippen LogP contribution in [0.1, 0.15) is 0 Å². The van der Waals surface area contributed by atoms with Gasteiger partial charge in [-0.25, -0.2) is 49.8 Å². The average Bonchev–Trinajstić information content (AvgIpc) is 1.71. The zero-order valence-corrected chi connectivity index (χ0v) is 72.2. The smallest absolute Gasteiger partial charge is 0.164 e. The van der Waals surface area contributed by atoms with Crippen molar-refractivity contribution >= 4 is 131 Å². The van der Waals surface area contributed by atoms with Gasteiger partial charge in [0.1, 0.15) is 33.4 Å². The molecule has 18 aromatic carbocycles. The molecule has 0 amide bonds. The minimum absolute atomic E-state index is 0.622. The predicted molar refractivity (Wildman–Crippen MR) is 545 cm³/mol. The molecular weight excluding hydrogens is 1660 g/mol. The van der Waals surface area contributed by atoms with Crippen molar-refractivity contribution in [2.24, 2.45) is 0 Å². The molecule has 9 aromatic heterocycles. The molecule has 9 heterocycles. The molecule has 27 aromatic rings. The van der Waals surface area contributed by atoms with Gasteiger partial charge in [0.25, 0.3) is 0 Å². The highest BCUT2D eigenvalue weighted by Gasteiger charge is 2.26. The summed E-state index contributed by atoms with van der Waals surface area (Å²) < 4.78 is 19.1. The summed E-state index contributed by atoms with van der Waals surface area (Å²) in [5.41, 5.74) is 22.5. The number of rotatable bonds is 12. The standard InChI is InChI=1S/3C40H24N4O/c1-3-12-25(13-4-1)38-42-39(26-14-5-2-6-15-26)44-40(43-38)32-23-22-30(28-17-8-9-18-29(28)32)31-19-11-21-34-36(31)37-35(45-34)24-27-16-7-10-20-33(27)41-37;1-3-11-25(12-4-1)38-42-39(26-13-5-2-6-14-26)44-40(43-38)32-21-20-30(28-16-7-8-17-29(28)32)31-18-9-19-35-37(31)33-23-27-15-10-22-41-34(27)24-36(33)45-35;1-3-11-25(12-4-1)38-42-39(26-13-5-2-6-14-26)44-40(43-38)32-20-19-31(29-17-9-10-18-30(29)32)37-36-33-23-27-15-7-8-16-28(27)24-35(33)45-34(36)21-22-41-37/h3*1-24H. The molecule has 0 fully saturated rings. The van der Waals surface area contributed by atoms with Crippen molar-refractivity contribution in [3.05, 3.63) is 437 Å². The summed E-state index contributed by atoms with van der Waals surface area (Å²) in [6.07, 6.45) is 3.64. The third kappa shape index (κ3) is 14.5.